The molecule has 0 aliphatic heterocycles. The molecule has 0 amide bonds. The van der Waals surface area contributed by atoms with Crippen molar-refractivity contribution in [2.75, 3.05) is 0 Å². The van der Waals surface area contributed by atoms with Gasteiger partial charge in [0.25, 0.3) is 0 Å². The standard InChI is InChI=1S/C16H35BrSi/c1-3-5-7-9-11-13-15-18(17)16-14-12-10-8-6-4-2/h18H,3-16H2,1-2H3. The zero-order valence-electron chi connectivity index (χ0n) is 12.9. The van der Waals surface area contributed by atoms with E-state index in [9.17, 15) is 0 Å². The van der Waals surface area contributed by atoms with Crippen LogP contribution in [0.1, 0.15) is 90.9 Å². The fourth-order valence-corrected chi connectivity index (χ4v) is 6.13. The quantitative estimate of drug-likeness (QED) is 0.185. The maximum Gasteiger partial charge on any atom is 0.114 e. The third-order valence-electron chi connectivity index (χ3n) is 3.74. The Hall–Kier alpha value is 0.697. The van der Waals surface area contributed by atoms with E-state index in [-0.39, 0.29) is 0 Å². The average molecular weight is 335 g/mol. The van der Waals surface area contributed by atoms with Gasteiger partial charge < -0.3 is 0 Å². The van der Waals surface area contributed by atoms with Gasteiger partial charge in [-0.1, -0.05) is 103 Å². The molecule has 0 radical (unpaired) electrons. The molecule has 0 bridgehead atoms. The number of halogens is 1. The fourth-order valence-electron chi connectivity index (χ4n) is 2.44. The molecule has 0 saturated carbocycles. The van der Waals surface area contributed by atoms with Gasteiger partial charge in [-0.3, -0.25) is 0 Å². The topological polar surface area (TPSA) is 0 Å². The Kier molecular flexibility index (Phi) is 16.4. The summed E-state index contributed by atoms with van der Waals surface area (Å²) in [5.74, 6) is 0. The summed E-state index contributed by atoms with van der Waals surface area (Å²) >= 11 is 3.98. The van der Waals surface area contributed by atoms with Gasteiger partial charge in [0.15, 0.2) is 0 Å². The smallest absolute Gasteiger partial charge is 0.114 e. The van der Waals surface area contributed by atoms with Gasteiger partial charge in [-0.15, -0.1) is 15.3 Å². The molecule has 110 valence electrons. The van der Waals surface area contributed by atoms with Crippen LogP contribution < -0.4 is 0 Å². The zero-order chi connectivity index (χ0) is 13.5. The monoisotopic (exact) mass is 334 g/mol. The summed E-state index contributed by atoms with van der Waals surface area (Å²) in [7, 11) is -0.507. The van der Waals surface area contributed by atoms with E-state index in [1.807, 2.05) is 0 Å². The van der Waals surface area contributed by atoms with E-state index >= 15 is 0 Å². The van der Waals surface area contributed by atoms with Crippen molar-refractivity contribution < 1.29 is 0 Å². The highest BCUT2D eigenvalue weighted by Crippen LogP contribution is 2.18. The minimum Gasteiger partial charge on any atom is -0.131 e. The van der Waals surface area contributed by atoms with Crippen molar-refractivity contribution in [3.63, 3.8) is 0 Å². The summed E-state index contributed by atoms with van der Waals surface area (Å²) < 4.78 is 0. The SMILES string of the molecule is CCCCCCCC[SiH](Br)CCCCCCCC. The molecule has 0 rings (SSSR count). The van der Waals surface area contributed by atoms with Gasteiger partial charge >= 0.3 is 0 Å². The Morgan fingerprint density at radius 1 is 0.556 bits per heavy atom. The number of rotatable bonds is 14. The lowest BCUT2D eigenvalue weighted by Crippen LogP contribution is -2.01. The summed E-state index contributed by atoms with van der Waals surface area (Å²) in [6.07, 6.45) is 17.4. The molecule has 0 heterocycles. The molecule has 0 aliphatic carbocycles. The van der Waals surface area contributed by atoms with Crippen LogP contribution >= 0.6 is 15.3 Å². The first kappa shape index (κ1) is 18.7. The van der Waals surface area contributed by atoms with Crippen molar-refractivity contribution in [2.24, 2.45) is 0 Å². The third kappa shape index (κ3) is 14.8. The summed E-state index contributed by atoms with van der Waals surface area (Å²) in [5.41, 5.74) is 0. The highest BCUT2D eigenvalue weighted by Gasteiger charge is 2.05. The van der Waals surface area contributed by atoms with Crippen LogP contribution in [0.15, 0.2) is 0 Å². The molecular weight excluding hydrogens is 300 g/mol. The molecule has 0 N–H and O–H groups in total. The van der Waals surface area contributed by atoms with Crippen LogP contribution in [0, 0.1) is 0 Å². The molecular formula is C16H35BrSi. The molecule has 18 heavy (non-hydrogen) atoms. The first-order valence-electron chi connectivity index (χ1n) is 8.45. The Morgan fingerprint density at radius 3 is 1.28 bits per heavy atom. The largest absolute Gasteiger partial charge is 0.131 e. The predicted octanol–water partition coefficient (Wildman–Crippen LogP) is 6.83. The lowest BCUT2D eigenvalue weighted by atomic mass is 10.1. The first-order valence-corrected chi connectivity index (χ1v) is 13.3. The molecule has 0 fully saturated rings. The van der Waals surface area contributed by atoms with E-state index in [1.54, 1.807) is 0 Å². The van der Waals surface area contributed by atoms with Crippen molar-refractivity contribution >= 4 is 22.7 Å². The Balaban J connectivity index is 3.10. The van der Waals surface area contributed by atoms with Crippen LogP contribution in [-0.4, -0.2) is 7.42 Å². The summed E-state index contributed by atoms with van der Waals surface area (Å²) in [6, 6.07) is 3.06. The van der Waals surface area contributed by atoms with Gasteiger partial charge in [0.05, 0.1) is 0 Å². The summed E-state index contributed by atoms with van der Waals surface area (Å²) in [4.78, 5) is 0. The van der Waals surface area contributed by atoms with Crippen molar-refractivity contribution in [3.8, 4) is 0 Å². The second-order valence-electron chi connectivity index (χ2n) is 5.71. The molecule has 0 aliphatic rings. The number of unbranched alkanes of at least 4 members (excludes halogenated alkanes) is 10. The van der Waals surface area contributed by atoms with Gasteiger partial charge in [-0.25, -0.2) is 0 Å². The molecule has 0 aromatic carbocycles. The predicted molar refractivity (Wildman–Crippen MR) is 92.4 cm³/mol. The second kappa shape index (κ2) is 15.8. The van der Waals surface area contributed by atoms with Gasteiger partial charge in [0.1, 0.15) is 7.42 Å². The van der Waals surface area contributed by atoms with Crippen LogP contribution in [0.3, 0.4) is 0 Å². The summed E-state index contributed by atoms with van der Waals surface area (Å²) in [5, 5.41) is 0. The molecule has 0 saturated heterocycles. The van der Waals surface area contributed by atoms with Crippen molar-refractivity contribution in [2.45, 2.75) is 103 Å². The van der Waals surface area contributed by atoms with Gasteiger partial charge in [0, 0.05) is 0 Å². The van der Waals surface area contributed by atoms with Gasteiger partial charge in [0.2, 0.25) is 0 Å². The van der Waals surface area contributed by atoms with E-state index in [1.165, 1.54) is 89.1 Å². The van der Waals surface area contributed by atoms with Crippen molar-refractivity contribution in [1.29, 1.82) is 0 Å². The van der Waals surface area contributed by atoms with Gasteiger partial charge in [-0.2, -0.15) is 0 Å². The maximum atomic E-state index is 3.98. The average Bonchev–Trinajstić information content (AvgIpc) is 2.38. The maximum absolute atomic E-state index is 3.98. The van der Waals surface area contributed by atoms with Crippen LogP contribution in [0.4, 0.5) is 0 Å². The van der Waals surface area contributed by atoms with E-state index in [2.05, 4.69) is 29.1 Å². The minimum atomic E-state index is -0.507. The summed E-state index contributed by atoms with van der Waals surface area (Å²) in [6.45, 7) is 4.59. The Labute approximate surface area is 126 Å². The Bertz CT molecular complexity index is 134. The lowest BCUT2D eigenvalue weighted by molar-refractivity contribution is 0.618. The minimum absolute atomic E-state index is 0.507. The van der Waals surface area contributed by atoms with Gasteiger partial charge in [-0.05, 0) is 0 Å². The van der Waals surface area contributed by atoms with Crippen LogP contribution in [0.5, 0.6) is 0 Å². The zero-order valence-corrected chi connectivity index (χ0v) is 15.6. The Morgan fingerprint density at radius 2 is 0.889 bits per heavy atom. The number of hydrogen-bond acceptors (Lipinski definition) is 0. The van der Waals surface area contributed by atoms with Crippen LogP contribution in [-0.2, 0) is 0 Å². The van der Waals surface area contributed by atoms with Crippen molar-refractivity contribution in [1.82, 2.24) is 0 Å². The highest BCUT2D eigenvalue weighted by molar-refractivity contribution is 9.24. The molecule has 0 unspecified atom stereocenters. The fraction of sp³-hybridized carbons (Fsp3) is 1.00. The first-order chi connectivity index (χ1) is 8.81. The molecule has 0 aromatic heterocycles. The molecule has 2 heteroatoms. The second-order valence-corrected chi connectivity index (χ2v) is 11.9. The molecule has 0 spiro atoms. The molecule has 0 nitrogen and oxygen atoms in total. The van der Waals surface area contributed by atoms with E-state index < -0.39 is 7.42 Å². The molecule has 0 atom stereocenters. The highest BCUT2D eigenvalue weighted by atomic mass is 79.9. The van der Waals surface area contributed by atoms with E-state index in [0.717, 1.165) is 0 Å². The lowest BCUT2D eigenvalue weighted by Gasteiger charge is -2.07. The van der Waals surface area contributed by atoms with Crippen molar-refractivity contribution in [3.05, 3.63) is 0 Å². The third-order valence-corrected chi connectivity index (χ3v) is 8.56. The van der Waals surface area contributed by atoms with E-state index in [4.69, 9.17) is 0 Å². The number of hydrogen-bond donors (Lipinski definition) is 0. The van der Waals surface area contributed by atoms with E-state index in [0.29, 0.717) is 0 Å². The van der Waals surface area contributed by atoms with Crippen LogP contribution in [0.25, 0.3) is 0 Å². The molecule has 0 aromatic rings. The van der Waals surface area contributed by atoms with Crippen LogP contribution in [0.2, 0.25) is 12.1 Å². The normalized spacial score (nSPS) is 11.3.